The molecule has 2 rings (SSSR count). The van der Waals surface area contributed by atoms with E-state index in [1.807, 2.05) is 6.07 Å². The van der Waals surface area contributed by atoms with E-state index in [4.69, 9.17) is 10.00 Å². The minimum Gasteiger partial charge on any atom is -0.395 e. The first-order valence-corrected chi connectivity index (χ1v) is 7.66. The molecule has 0 aliphatic carbocycles. The molecule has 20 heavy (non-hydrogen) atoms. The second-order valence-electron chi connectivity index (χ2n) is 4.62. The van der Waals surface area contributed by atoms with E-state index in [1.165, 1.54) is 16.4 Å². The largest absolute Gasteiger partial charge is 0.395 e. The monoisotopic (exact) mass is 296 g/mol. The summed E-state index contributed by atoms with van der Waals surface area (Å²) in [7, 11) is -3.70. The Labute approximate surface area is 118 Å². The molecule has 108 valence electrons. The van der Waals surface area contributed by atoms with Crippen molar-refractivity contribution >= 4 is 10.0 Å². The van der Waals surface area contributed by atoms with Gasteiger partial charge < -0.3 is 9.84 Å². The molecule has 1 N–H and O–H groups in total. The van der Waals surface area contributed by atoms with E-state index >= 15 is 0 Å². The molecule has 0 radical (unpaired) electrons. The van der Waals surface area contributed by atoms with Gasteiger partial charge in [-0.1, -0.05) is 0 Å². The molecule has 7 heteroatoms. The predicted molar refractivity (Wildman–Crippen MR) is 71.5 cm³/mol. The van der Waals surface area contributed by atoms with Gasteiger partial charge in [-0.2, -0.15) is 9.57 Å². The molecule has 0 spiro atoms. The molecule has 0 aromatic heterocycles. The normalized spacial score (nSPS) is 20.6. The topological polar surface area (TPSA) is 90.6 Å². The van der Waals surface area contributed by atoms with Gasteiger partial charge in [-0.25, -0.2) is 8.42 Å². The van der Waals surface area contributed by atoms with E-state index in [9.17, 15) is 13.5 Å². The Kier molecular flexibility index (Phi) is 4.40. The van der Waals surface area contributed by atoms with E-state index in [1.54, 1.807) is 13.0 Å². The van der Waals surface area contributed by atoms with Crippen molar-refractivity contribution in [1.29, 1.82) is 5.26 Å². The summed E-state index contributed by atoms with van der Waals surface area (Å²) in [6, 6.07) is 5.87. The first-order chi connectivity index (χ1) is 9.50. The van der Waals surface area contributed by atoms with Crippen LogP contribution < -0.4 is 0 Å². The number of aryl methyl sites for hydroxylation is 1. The average molecular weight is 296 g/mol. The lowest BCUT2D eigenvalue weighted by molar-refractivity contribution is 0.0109. The van der Waals surface area contributed by atoms with Gasteiger partial charge in [0, 0.05) is 6.54 Å². The average Bonchev–Trinajstić information content (AvgIpc) is 2.46. The predicted octanol–water partition coefficient (Wildman–Crippen LogP) is 0.249. The second-order valence-corrected chi connectivity index (χ2v) is 6.48. The fraction of sp³-hybridized carbons (Fsp3) is 0.462. The number of nitriles is 1. The molecular weight excluding hydrogens is 280 g/mol. The van der Waals surface area contributed by atoms with Gasteiger partial charge in [0.15, 0.2) is 0 Å². The molecule has 1 aromatic rings. The highest BCUT2D eigenvalue weighted by Crippen LogP contribution is 2.24. The van der Waals surface area contributed by atoms with Crippen molar-refractivity contribution in [2.45, 2.75) is 17.9 Å². The second kappa shape index (κ2) is 5.89. The maximum Gasteiger partial charge on any atom is 0.243 e. The van der Waals surface area contributed by atoms with Gasteiger partial charge in [0.25, 0.3) is 0 Å². The van der Waals surface area contributed by atoms with Crippen molar-refractivity contribution in [2.75, 3.05) is 26.4 Å². The van der Waals surface area contributed by atoms with Crippen molar-refractivity contribution in [1.82, 2.24) is 4.31 Å². The van der Waals surface area contributed by atoms with E-state index < -0.39 is 16.1 Å². The first-order valence-electron chi connectivity index (χ1n) is 6.22. The van der Waals surface area contributed by atoms with Gasteiger partial charge >= 0.3 is 0 Å². The molecular formula is C13H16N2O4S. The van der Waals surface area contributed by atoms with Gasteiger partial charge in [-0.15, -0.1) is 0 Å². The van der Waals surface area contributed by atoms with Gasteiger partial charge in [0.2, 0.25) is 10.0 Å². The van der Waals surface area contributed by atoms with E-state index in [0.29, 0.717) is 17.7 Å². The number of sulfonamides is 1. The molecule has 1 aliphatic rings. The van der Waals surface area contributed by atoms with Crippen LogP contribution >= 0.6 is 0 Å². The fourth-order valence-corrected chi connectivity index (χ4v) is 4.03. The molecule has 0 saturated carbocycles. The zero-order valence-corrected chi connectivity index (χ0v) is 11.9. The van der Waals surface area contributed by atoms with Crippen LogP contribution in [0, 0.1) is 18.3 Å². The minimum atomic E-state index is -3.70. The summed E-state index contributed by atoms with van der Waals surface area (Å²) in [5, 5.41) is 18.1. The summed E-state index contributed by atoms with van der Waals surface area (Å²) in [4.78, 5) is 0.164. The molecule has 1 aliphatic heterocycles. The number of morpholine rings is 1. The van der Waals surface area contributed by atoms with Crippen LogP contribution in [0.25, 0.3) is 0 Å². The summed E-state index contributed by atoms with van der Waals surface area (Å²) in [6.07, 6.45) is 0. The number of nitrogens with zero attached hydrogens (tertiary/aromatic N) is 2. The number of benzene rings is 1. The highest BCUT2D eigenvalue weighted by Gasteiger charge is 2.34. The maximum atomic E-state index is 12.7. The van der Waals surface area contributed by atoms with E-state index in [0.717, 1.165) is 0 Å². The smallest absolute Gasteiger partial charge is 0.243 e. The summed E-state index contributed by atoms with van der Waals surface area (Å²) in [6.45, 7) is 2.08. The lowest BCUT2D eigenvalue weighted by Crippen LogP contribution is -2.50. The van der Waals surface area contributed by atoms with E-state index in [2.05, 4.69) is 0 Å². The van der Waals surface area contributed by atoms with Gasteiger partial charge in [0.1, 0.15) is 0 Å². The summed E-state index contributed by atoms with van der Waals surface area (Å²) in [5.41, 5.74) is 0.939. The third-order valence-electron chi connectivity index (χ3n) is 3.27. The number of rotatable bonds is 3. The van der Waals surface area contributed by atoms with Crippen LogP contribution in [0.4, 0.5) is 0 Å². The van der Waals surface area contributed by atoms with Crippen LogP contribution in [0.15, 0.2) is 23.1 Å². The Morgan fingerprint density at radius 3 is 2.90 bits per heavy atom. The van der Waals surface area contributed by atoms with Crippen LogP contribution in [-0.4, -0.2) is 50.2 Å². The van der Waals surface area contributed by atoms with Crippen LogP contribution in [-0.2, 0) is 14.8 Å². The van der Waals surface area contributed by atoms with Gasteiger partial charge in [0.05, 0.1) is 42.4 Å². The number of aliphatic hydroxyl groups is 1. The highest BCUT2D eigenvalue weighted by molar-refractivity contribution is 7.89. The number of hydrogen-bond donors (Lipinski definition) is 1. The fourth-order valence-electron chi connectivity index (χ4n) is 2.23. The van der Waals surface area contributed by atoms with Crippen LogP contribution in [0.3, 0.4) is 0 Å². The number of hydrogen-bond acceptors (Lipinski definition) is 5. The zero-order chi connectivity index (χ0) is 14.8. The van der Waals surface area contributed by atoms with Gasteiger partial charge in [-0.3, -0.25) is 0 Å². The Morgan fingerprint density at radius 2 is 2.30 bits per heavy atom. The third-order valence-corrected chi connectivity index (χ3v) is 5.39. The van der Waals surface area contributed by atoms with Crippen molar-refractivity contribution < 1.29 is 18.3 Å². The molecule has 6 nitrogen and oxygen atoms in total. The van der Waals surface area contributed by atoms with Crippen molar-refractivity contribution in [2.24, 2.45) is 0 Å². The molecule has 1 unspecified atom stereocenters. The molecule has 1 saturated heterocycles. The minimum absolute atomic E-state index is 0.164. The number of ether oxygens (including phenoxy) is 1. The molecule has 1 atom stereocenters. The lowest BCUT2D eigenvalue weighted by atomic mass is 10.2. The zero-order valence-electron chi connectivity index (χ0n) is 11.1. The van der Waals surface area contributed by atoms with Crippen LogP contribution in [0.5, 0.6) is 0 Å². The number of aliphatic hydroxyl groups excluding tert-OH is 1. The van der Waals surface area contributed by atoms with Crippen molar-refractivity contribution in [3.8, 4) is 6.07 Å². The van der Waals surface area contributed by atoms with E-state index in [-0.39, 0.29) is 24.7 Å². The molecule has 1 aromatic carbocycles. The molecule has 1 heterocycles. The quantitative estimate of drug-likeness (QED) is 0.863. The Bertz CT molecular complexity index is 636. The molecule has 0 amide bonds. The summed E-state index contributed by atoms with van der Waals surface area (Å²) in [5.74, 6) is 0. The molecule has 0 bridgehead atoms. The summed E-state index contributed by atoms with van der Waals surface area (Å²) >= 11 is 0. The van der Waals surface area contributed by atoms with Gasteiger partial charge in [-0.05, 0) is 30.7 Å². The Morgan fingerprint density at radius 1 is 1.55 bits per heavy atom. The Hall–Kier alpha value is -1.46. The summed E-state index contributed by atoms with van der Waals surface area (Å²) < 4.78 is 31.8. The maximum absolute atomic E-state index is 12.7. The molecule has 1 fully saturated rings. The highest BCUT2D eigenvalue weighted by atomic mass is 32.2. The van der Waals surface area contributed by atoms with Crippen molar-refractivity contribution in [3.63, 3.8) is 0 Å². The van der Waals surface area contributed by atoms with Crippen LogP contribution in [0.2, 0.25) is 0 Å². The van der Waals surface area contributed by atoms with Crippen LogP contribution in [0.1, 0.15) is 11.1 Å². The third kappa shape index (κ3) is 2.69. The first kappa shape index (κ1) is 14.9. The van der Waals surface area contributed by atoms with Crippen molar-refractivity contribution in [3.05, 3.63) is 29.3 Å². The standard InChI is InChI=1S/C13H16N2O4S/c1-10-6-11(7-14)2-3-13(10)20(17,18)15-4-5-19-9-12(15)8-16/h2-3,6,12,16H,4-5,8-9H2,1H3. The SMILES string of the molecule is Cc1cc(C#N)ccc1S(=O)(=O)N1CCOCC1CO. The Balaban J connectivity index is 2.42. The lowest BCUT2D eigenvalue weighted by Gasteiger charge is -2.33.